The lowest BCUT2D eigenvalue weighted by Crippen LogP contribution is -2.19. The minimum absolute atomic E-state index is 0.0426. The molecule has 2 aromatic carbocycles. The zero-order valence-electron chi connectivity index (χ0n) is 18.8. The number of hydrogen-bond donors (Lipinski definition) is 3. The average molecular weight is 494 g/mol. The van der Waals surface area contributed by atoms with E-state index in [1.54, 1.807) is 18.2 Å². The van der Waals surface area contributed by atoms with Crippen LogP contribution in [-0.4, -0.2) is 63.5 Å². The van der Waals surface area contributed by atoms with E-state index in [-0.39, 0.29) is 47.1 Å². The topological polar surface area (TPSA) is 194 Å². The second-order valence-electron chi connectivity index (χ2n) is 7.21. The molecule has 0 saturated carbocycles. The Balaban J connectivity index is 1.48. The van der Waals surface area contributed by atoms with Gasteiger partial charge in [-0.05, 0) is 40.6 Å². The van der Waals surface area contributed by atoms with Crippen LogP contribution in [0.4, 0.5) is 5.82 Å². The Labute approximate surface area is 202 Å². The lowest BCUT2D eigenvalue weighted by atomic mass is 10.1. The molecule has 4 N–H and O–H groups in total. The second kappa shape index (κ2) is 9.13. The lowest BCUT2D eigenvalue weighted by molar-refractivity contribution is 0.0950. The van der Waals surface area contributed by atoms with Gasteiger partial charge >= 0.3 is 0 Å². The van der Waals surface area contributed by atoms with Crippen molar-refractivity contribution in [3.8, 4) is 45.8 Å². The smallest absolute Gasteiger partial charge is 0.294 e. The van der Waals surface area contributed by atoms with Crippen LogP contribution in [0.5, 0.6) is 28.7 Å². The van der Waals surface area contributed by atoms with E-state index in [0.717, 1.165) is 0 Å². The number of nitrogens with one attached hydrogen (secondary N) is 1. The highest BCUT2D eigenvalue weighted by molar-refractivity contribution is 5.99. The highest BCUT2D eigenvalue weighted by Crippen LogP contribution is 2.38. The van der Waals surface area contributed by atoms with Gasteiger partial charge in [0, 0.05) is 11.1 Å². The van der Waals surface area contributed by atoms with E-state index < -0.39 is 5.91 Å². The van der Waals surface area contributed by atoms with Crippen molar-refractivity contribution in [2.45, 2.75) is 0 Å². The molecule has 4 aromatic rings. The van der Waals surface area contributed by atoms with Crippen LogP contribution in [0.3, 0.4) is 0 Å². The first-order valence-corrected chi connectivity index (χ1v) is 10.2. The first-order valence-electron chi connectivity index (χ1n) is 10.2. The third-order valence-electron chi connectivity index (χ3n) is 5.11. The summed E-state index contributed by atoms with van der Waals surface area (Å²) in [4.78, 5) is 13.1. The highest BCUT2D eigenvalue weighted by Gasteiger charge is 2.26. The van der Waals surface area contributed by atoms with E-state index in [2.05, 4.69) is 35.8 Å². The van der Waals surface area contributed by atoms with Gasteiger partial charge in [0.05, 0.1) is 20.4 Å². The molecule has 184 valence electrons. The lowest BCUT2D eigenvalue weighted by Gasteiger charge is -2.09. The van der Waals surface area contributed by atoms with Crippen molar-refractivity contribution in [2.24, 2.45) is 5.10 Å². The Bertz CT molecular complexity index is 1450. The number of amides is 1. The minimum Gasteiger partial charge on any atom is -0.502 e. The normalized spacial score (nSPS) is 12.2. The molecular weight excluding hydrogens is 476 g/mol. The molecule has 1 aliphatic heterocycles. The Morgan fingerprint density at radius 3 is 2.61 bits per heavy atom. The Morgan fingerprint density at radius 1 is 1.17 bits per heavy atom. The van der Waals surface area contributed by atoms with Crippen LogP contribution in [0.2, 0.25) is 0 Å². The quantitative estimate of drug-likeness (QED) is 0.245. The molecule has 0 radical (unpaired) electrons. The molecule has 15 heteroatoms. The van der Waals surface area contributed by atoms with Gasteiger partial charge in [0.25, 0.3) is 5.91 Å². The number of benzene rings is 2. The SMILES string of the molecule is COc1cc(/C=N/NC(=O)c2nnn(-c3nonc3N)c2-c2ccc3c(c2)OCO3)cc(OC)c1O. The van der Waals surface area contributed by atoms with Gasteiger partial charge in [0.15, 0.2) is 28.7 Å². The predicted octanol–water partition coefficient (Wildman–Crippen LogP) is 1.11. The van der Waals surface area contributed by atoms with Crippen LogP contribution in [0, 0.1) is 0 Å². The maximum atomic E-state index is 13.1. The Kier molecular flexibility index (Phi) is 5.69. The number of carbonyl (C=O) groups excluding carboxylic acids is 1. The van der Waals surface area contributed by atoms with Crippen LogP contribution in [0.15, 0.2) is 40.1 Å². The van der Waals surface area contributed by atoms with Crippen molar-refractivity contribution in [3.05, 3.63) is 41.6 Å². The van der Waals surface area contributed by atoms with Crippen molar-refractivity contribution in [3.63, 3.8) is 0 Å². The number of nitrogens with zero attached hydrogens (tertiary/aromatic N) is 6. The van der Waals surface area contributed by atoms with Gasteiger partial charge in [-0.1, -0.05) is 5.21 Å². The van der Waals surface area contributed by atoms with Crippen molar-refractivity contribution < 1.29 is 33.5 Å². The minimum atomic E-state index is -0.682. The summed E-state index contributed by atoms with van der Waals surface area (Å²) in [7, 11) is 2.80. The maximum Gasteiger partial charge on any atom is 0.294 e. The Hall–Kier alpha value is -5.34. The number of phenols is 1. The number of nitrogens with two attached hydrogens (primary N) is 1. The molecule has 0 spiro atoms. The van der Waals surface area contributed by atoms with Crippen LogP contribution in [-0.2, 0) is 0 Å². The standard InChI is InChI=1S/C21H18N8O7/c1-32-14-5-10(6-15(33-2)18(14)30)8-23-25-21(31)16-17(11-3-4-12-13(7-11)35-9-34-12)29(28-24-16)20-19(22)26-36-27-20/h3-8,30H,9H2,1-2H3,(H2,22,26)(H,25,31)/b23-8+. The summed E-state index contributed by atoms with van der Waals surface area (Å²) in [5.41, 5.74) is 9.37. The van der Waals surface area contributed by atoms with Gasteiger partial charge in [-0.25, -0.2) is 10.1 Å². The van der Waals surface area contributed by atoms with E-state index in [1.165, 1.54) is 37.2 Å². The fraction of sp³-hybridized carbons (Fsp3) is 0.143. The number of aromatic hydroxyl groups is 1. The van der Waals surface area contributed by atoms with Crippen molar-refractivity contribution in [1.29, 1.82) is 0 Å². The largest absolute Gasteiger partial charge is 0.502 e. The van der Waals surface area contributed by atoms with Crippen LogP contribution in [0.1, 0.15) is 16.1 Å². The molecular formula is C21H18N8O7. The fourth-order valence-electron chi connectivity index (χ4n) is 3.43. The molecule has 1 amide bonds. The summed E-state index contributed by atoms with van der Waals surface area (Å²) in [6.07, 6.45) is 1.34. The van der Waals surface area contributed by atoms with E-state index in [9.17, 15) is 9.90 Å². The summed E-state index contributed by atoms with van der Waals surface area (Å²) in [6.45, 7) is 0.0747. The molecule has 15 nitrogen and oxygen atoms in total. The molecule has 0 atom stereocenters. The number of phenolic OH excluding ortho intramolecular Hbond substituents is 1. The monoisotopic (exact) mass is 494 g/mol. The molecule has 0 unspecified atom stereocenters. The van der Waals surface area contributed by atoms with Gasteiger partial charge < -0.3 is 29.8 Å². The van der Waals surface area contributed by atoms with Crippen LogP contribution >= 0.6 is 0 Å². The summed E-state index contributed by atoms with van der Waals surface area (Å²) in [5, 5.41) is 29.3. The van der Waals surface area contributed by atoms with E-state index >= 15 is 0 Å². The van der Waals surface area contributed by atoms with E-state index in [1.807, 2.05) is 0 Å². The van der Waals surface area contributed by atoms with Crippen molar-refractivity contribution >= 4 is 17.9 Å². The number of fused-ring (bicyclic) bond motifs is 1. The van der Waals surface area contributed by atoms with Crippen LogP contribution in [0.25, 0.3) is 17.1 Å². The summed E-state index contributed by atoms with van der Waals surface area (Å²) < 4.78 is 26.9. The van der Waals surface area contributed by atoms with Crippen molar-refractivity contribution in [2.75, 3.05) is 26.7 Å². The zero-order valence-corrected chi connectivity index (χ0v) is 18.8. The molecule has 5 rings (SSSR count). The van der Waals surface area contributed by atoms with Gasteiger partial charge in [-0.15, -0.1) is 5.10 Å². The second-order valence-corrected chi connectivity index (χ2v) is 7.21. The number of ether oxygens (including phenoxy) is 4. The molecule has 0 aliphatic carbocycles. The molecule has 0 bridgehead atoms. The number of aromatic nitrogens is 5. The number of anilines is 1. The van der Waals surface area contributed by atoms with Gasteiger partial charge in [0.1, 0.15) is 5.69 Å². The third kappa shape index (κ3) is 3.93. The molecule has 0 saturated heterocycles. The summed E-state index contributed by atoms with van der Waals surface area (Å²) in [6, 6.07) is 8.08. The summed E-state index contributed by atoms with van der Waals surface area (Å²) in [5.74, 6) is 0.526. The first-order chi connectivity index (χ1) is 17.5. The number of rotatable bonds is 7. The predicted molar refractivity (Wildman–Crippen MR) is 121 cm³/mol. The Morgan fingerprint density at radius 2 is 1.92 bits per heavy atom. The van der Waals surface area contributed by atoms with Crippen molar-refractivity contribution in [1.82, 2.24) is 30.7 Å². The molecule has 2 aromatic heterocycles. The van der Waals surface area contributed by atoms with Crippen LogP contribution < -0.4 is 30.1 Å². The maximum absolute atomic E-state index is 13.1. The van der Waals surface area contributed by atoms with Gasteiger partial charge in [0.2, 0.25) is 24.2 Å². The number of nitrogen functional groups attached to an aromatic ring is 1. The molecule has 1 aliphatic rings. The summed E-state index contributed by atoms with van der Waals surface area (Å²) >= 11 is 0. The molecule has 3 heterocycles. The van der Waals surface area contributed by atoms with E-state index in [4.69, 9.17) is 24.7 Å². The van der Waals surface area contributed by atoms with Gasteiger partial charge in [-0.3, -0.25) is 4.79 Å². The van der Waals surface area contributed by atoms with Gasteiger partial charge in [-0.2, -0.15) is 9.78 Å². The molecule has 0 fully saturated rings. The number of methoxy groups -OCH3 is 2. The molecule has 36 heavy (non-hydrogen) atoms. The average Bonchev–Trinajstić information content (AvgIpc) is 3.63. The fourth-order valence-corrected chi connectivity index (χ4v) is 3.43. The highest BCUT2D eigenvalue weighted by atomic mass is 16.7. The number of carbonyl (C=O) groups is 1. The number of hydrazone groups is 1. The van der Waals surface area contributed by atoms with E-state index in [0.29, 0.717) is 22.6 Å². The number of hydrogen-bond acceptors (Lipinski definition) is 13. The zero-order chi connectivity index (χ0) is 25.2. The first kappa shape index (κ1) is 22.5. The third-order valence-corrected chi connectivity index (χ3v) is 5.11.